The number of nitrogens with zero attached hydrogens (tertiary/aromatic N) is 1. The van der Waals surface area contributed by atoms with E-state index in [0.717, 1.165) is 21.2 Å². The Kier molecular flexibility index (Phi) is 6.22. The summed E-state index contributed by atoms with van der Waals surface area (Å²) in [6.07, 6.45) is 0. The Hall–Kier alpha value is -4.13. The van der Waals surface area contributed by atoms with Gasteiger partial charge in [0.05, 0.1) is 5.69 Å². The maximum atomic E-state index is 13.0. The number of carbonyl (C=O) groups is 3. The zero-order valence-corrected chi connectivity index (χ0v) is 20.5. The van der Waals surface area contributed by atoms with Crippen LogP contribution in [0.1, 0.15) is 15.9 Å². The Bertz CT molecular complexity index is 1570. The van der Waals surface area contributed by atoms with Gasteiger partial charge in [-0.15, -0.1) is 0 Å². The number of amides is 3. The third-order valence-electron chi connectivity index (χ3n) is 5.90. The van der Waals surface area contributed by atoms with Crippen molar-refractivity contribution in [2.75, 3.05) is 15.5 Å². The average molecular weight is 516 g/mol. The molecule has 6 nitrogen and oxygen atoms in total. The molecule has 0 saturated heterocycles. The number of hydrogen-bond acceptors (Lipinski definition) is 4. The first-order chi connectivity index (χ1) is 17.3. The van der Waals surface area contributed by atoms with E-state index >= 15 is 0 Å². The fraction of sp³-hybridized carbons (Fsp3) is 0.0357. The fourth-order valence-corrected chi connectivity index (χ4v) is 4.33. The van der Waals surface area contributed by atoms with Crippen LogP contribution in [-0.2, 0) is 9.59 Å². The average Bonchev–Trinajstić information content (AvgIpc) is 3.09. The largest absolute Gasteiger partial charge is 0.350 e. The molecule has 0 aliphatic carbocycles. The van der Waals surface area contributed by atoms with Gasteiger partial charge in [-0.2, -0.15) is 0 Å². The zero-order chi connectivity index (χ0) is 25.4. The minimum Gasteiger partial charge on any atom is -0.350 e. The van der Waals surface area contributed by atoms with Gasteiger partial charge in [-0.05, 0) is 60.3 Å². The summed E-state index contributed by atoms with van der Waals surface area (Å²) < 4.78 is 0. The summed E-state index contributed by atoms with van der Waals surface area (Å²) in [7, 11) is 0. The molecule has 0 fully saturated rings. The van der Waals surface area contributed by atoms with Crippen LogP contribution in [0.2, 0.25) is 5.02 Å². The number of hydrogen-bond donors (Lipinski definition) is 2. The van der Waals surface area contributed by atoms with Crippen LogP contribution in [0.15, 0.2) is 95.7 Å². The first kappa shape index (κ1) is 23.6. The maximum absolute atomic E-state index is 13.0. The molecular formula is C28H19Cl2N3O3. The summed E-state index contributed by atoms with van der Waals surface area (Å²) in [6, 6.07) is 24.9. The Morgan fingerprint density at radius 3 is 2.31 bits per heavy atom. The van der Waals surface area contributed by atoms with E-state index in [1.165, 1.54) is 0 Å². The molecule has 4 aromatic rings. The van der Waals surface area contributed by atoms with Gasteiger partial charge < -0.3 is 10.6 Å². The van der Waals surface area contributed by atoms with Crippen LogP contribution in [0.4, 0.5) is 17.1 Å². The molecule has 0 spiro atoms. The SMILES string of the molecule is Cc1ccc(N2C(=O)C(Cl)=C(Nc3ccc(C(=O)Nc4cccc5ccccc45)cc3)C2=O)cc1Cl. The van der Waals surface area contributed by atoms with Gasteiger partial charge in [-0.3, -0.25) is 14.4 Å². The minimum absolute atomic E-state index is 0.0497. The summed E-state index contributed by atoms with van der Waals surface area (Å²) >= 11 is 12.4. The van der Waals surface area contributed by atoms with Gasteiger partial charge in [0.2, 0.25) is 0 Å². The molecule has 0 bridgehead atoms. The van der Waals surface area contributed by atoms with E-state index in [9.17, 15) is 14.4 Å². The van der Waals surface area contributed by atoms with Crippen molar-refractivity contribution in [3.05, 3.63) is 112 Å². The number of anilines is 3. The molecule has 0 unspecified atom stereocenters. The standard InChI is InChI=1S/C28H19Cl2N3O3/c1-16-9-14-20(15-22(16)29)33-27(35)24(30)25(28(33)36)31-19-12-10-18(11-13-19)26(34)32-23-8-4-6-17-5-2-3-7-21(17)23/h2-15,31H,1H3,(H,32,34). The second-order valence-corrected chi connectivity index (χ2v) is 9.04. The number of imide groups is 1. The second-order valence-electron chi connectivity index (χ2n) is 8.25. The van der Waals surface area contributed by atoms with Crippen LogP contribution in [0.3, 0.4) is 0 Å². The maximum Gasteiger partial charge on any atom is 0.283 e. The van der Waals surface area contributed by atoms with Crippen LogP contribution < -0.4 is 15.5 Å². The molecule has 4 aromatic carbocycles. The lowest BCUT2D eigenvalue weighted by molar-refractivity contribution is -0.120. The summed E-state index contributed by atoms with van der Waals surface area (Å²) in [5, 5.41) is 8.02. The van der Waals surface area contributed by atoms with Crippen molar-refractivity contribution in [2.24, 2.45) is 0 Å². The lowest BCUT2D eigenvalue weighted by Crippen LogP contribution is -2.32. The van der Waals surface area contributed by atoms with E-state index in [1.807, 2.05) is 49.4 Å². The molecule has 2 N–H and O–H groups in total. The van der Waals surface area contributed by atoms with Crippen molar-refractivity contribution >= 4 is 68.8 Å². The summed E-state index contributed by atoms with van der Waals surface area (Å²) in [5.41, 5.74) is 2.74. The summed E-state index contributed by atoms with van der Waals surface area (Å²) in [4.78, 5) is 39.5. The Labute approximate surface area is 217 Å². The van der Waals surface area contributed by atoms with Crippen LogP contribution >= 0.6 is 23.2 Å². The Morgan fingerprint density at radius 1 is 0.833 bits per heavy atom. The molecular weight excluding hydrogens is 497 g/mol. The van der Waals surface area contributed by atoms with Crippen molar-refractivity contribution in [3.63, 3.8) is 0 Å². The fourth-order valence-electron chi connectivity index (χ4n) is 3.94. The van der Waals surface area contributed by atoms with Crippen LogP contribution in [0.25, 0.3) is 10.8 Å². The van der Waals surface area contributed by atoms with Crippen LogP contribution in [0, 0.1) is 6.92 Å². The molecule has 5 rings (SSSR count). The highest BCUT2D eigenvalue weighted by Gasteiger charge is 2.39. The van der Waals surface area contributed by atoms with Gasteiger partial charge in [-0.25, -0.2) is 4.90 Å². The quantitative estimate of drug-likeness (QED) is 0.297. The van der Waals surface area contributed by atoms with Crippen molar-refractivity contribution in [3.8, 4) is 0 Å². The summed E-state index contributed by atoms with van der Waals surface area (Å²) in [6.45, 7) is 1.82. The molecule has 0 saturated carbocycles. The van der Waals surface area contributed by atoms with Gasteiger partial charge in [0.1, 0.15) is 10.7 Å². The predicted octanol–water partition coefficient (Wildman–Crippen LogP) is 6.49. The molecule has 0 aromatic heterocycles. The summed E-state index contributed by atoms with van der Waals surface area (Å²) in [5.74, 6) is -1.51. The number of fused-ring (bicyclic) bond motifs is 1. The minimum atomic E-state index is -0.643. The van der Waals surface area contributed by atoms with Gasteiger partial charge in [0.15, 0.2) is 0 Å². The highest BCUT2D eigenvalue weighted by atomic mass is 35.5. The number of carbonyl (C=O) groups excluding carboxylic acids is 3. The normalized spacial score (nSPS) is 13.5. The van der Waals surface area contributed by atoms with Gasteiger partial charge in [-0.1, -0.05) is 65.7 Å². The molecule has 1 aliphatic heterocycles. The van der Waals surface area contributed by atoms with Crippen LogP contribution in [0.5, 0.6) is 0 Å². The molecule has 36 heavy (non-hydrogen) atoms. The van der Waals surface area contributed by atoms with E-state index in [-0.39, 0.29) is 16.6 Å². The predicted molar refractivity (Wildman–Crippen MR) is 144 cm³/mol. The number of benzene rings is 4. The lowest BCUT2D eigenvalue weighted by Gasteiger charge is -2.16. The molecule has 0 radical (unpaired) electrons. The Morgan fingerprint density at radius 2 is 1.56 bits per heavy atom. The van der Waals surface area contributed by atoms with Crippen molar-refractivity contribution in [2.45, 2.75) is 6.92 Å². The van der Waals surface area contributed by atoms with Crippen LogP contribution in [-0.4, -0.2) is 17.7 Å². The van der Waals surface area contributed by atoms with E-state index in [0.29, 0.717) is 27.6 Å². The number of aryl methyl sites for hydroxylation is 1. The highest BCUT2D eigenvalue weighted by molar-refractivity contribution is 6.53. The third-order valence-corrected chi connectivity index (χ3v) is 6.65. The van der Waals surface area contributed by atoms with Crippen molar-refractivity contribution in [1.82, 2.24) is 0 Å². The molecule has 1 heterocycles. The molecule has 8 heteroatoms. The molecule has 3 amide bonds. The smallest absolute Gasteiger partial charge is 0.283 e. The molecule has 0 atom stereocenters. The number of halogens is 2. The third kappa shape index (κ3) is 4.33. The molecule has 1 aliphatic rings. The van der Waals surface area contributed by atoms with Gasteiger partial charge in [0, 0.05) is 27.3 Å². The van der Waals surface area contributed by atoms with Crippen molar-refractivity contribution in [1.29, 1.82) is 0 Å². The second kappa shape index (κ2) is 9.49. The number of nitrogens with one attached hydrogen (secondary N) is 2. The van der Waals surface area contributed by atoms with Crippen molar-refractivity contribution < 1.29 is 14.4 Å². The molecule has 178 valence electrons. The monoisotopic (exact) mass is 515 g/mol. The van der Waals surface area contributed by atoms with Gasteiger partial charge in [0.25, 0.3) is 17.7 Å². The zero-order valence-electron chi connectivity index (χ0n) is 19.0. The van der Waals surface area contributed by atoms with E-state index in [2.05, 4.69) is 10.6 Å². The van der Waals surface area contributed by atoms with E-state index in [1.54, 1.807) is 42.5 Å². The van der Waals surface area contributed by atoms with E-state index < -0.39 is 11.8 Å². The Balaban J connectivity index is 1.32. The highest BCUT2D eigenvalue weighted by Crippen LogP contribution is 2.32. The lowest BCUT2D eigenvalue weighted by atomic mass is 10.1. The number of rotatable bonds is 5. The van der Waals surface area contributed by atoms with Gasteiger partial charge >= 0.3 is 0 Å². The van der Waals surface area contributed by atoms with E-state index in [4.69, 9.17) is 23.2 Å². The first-order valence-electron chi connectivity index (χ1n) is 11.0. The first-order valence-corrected chi connectivity index (χ1v) is 11.8. The topological polar surface area (TPSA) is 78.5 Å².